The van der Waals surface area contributed by atoms with Gasteiger partial charge in [0.2, 0.25) is 11.8 Å². The summed E-state index contributed by atoms with van der Waals surface area (Å²) in [5, 5.41) is 0. The molecule has 28 heavy (non-hydrogen) atoms. The lowest BCUT2D eigenvalue weighted by molar-refractivity contribution is -0.141. The van der Waals surface area contributed by atoms with Crippen LogP contribution in [-0.4, -0.2) is 36.3 Å². The first kappa shape index (κ1) is 18.7. The van der Waals surface area contributed by atoms with Crippen LogP contribution in [-0.2, 0) is 16.0 Å². The maximum Gasteiger partial charge on any atom is 0.234 e. The molecule has 0 saturated carbocycles. The fraction of sp³-hybridized carbons (Fsp3) is 0.391. The third-order valence-corrected chi connectivity index (χ3v) is 6.00. The summed E-state index contributed by atoms with van der Waals surface area (Å²) in [6.07, 6.45) is 3.68. The van der Waals surface area contributed by atoms with Gasteiger partial charge in [0.25, 0.3) is 0 Å². The van der Waals surface area contributed by atoms with Gasteiger partial charge in [-0.05, 0) is 55.5 Å². The van der Waals surface area contributed by atoms with E-state index in [2.05, 4.69) is 0 Å². The van der Waals surface area contributed by atoms with Gasteiger partial charge in [0.15, 0.2) is 0 Å². The lowest BCUT2D eigenvalue weighted by Crippen LogP contribution is -2.57. The van der Waals surface area contributed by atoms with E-state index in [0.717, 1.165) is 43.5 Å². The lowest BCUT2D eigenvalue weighted by atomic mass is 9.72. The van der Waals surface area contributed by atoms with Crippen LogP contribution in [0.25, 0.3) is 0 Å². The first-order chi connectivity index (χ1) is 13.6. The molecule has 0 bridgehead atoms. The second-order valence-electron chi connectivity index (χ2n) is 7.90. The first-order valence-corrected chi connectivity index (χ1v) is 9.97. The summed E-state index contributed by atoms with van der Waals surface area (Å²) in [5.41, 5.74) is 1.25. The maximum absolute atomic E-state index is 13.4. The number of nitrogens with zero attached hydrogens (tertiary/aromatic N) is 2. The molecule has 0 aliphatic carbocycles. The number of amides is 2. The van der Waals surface area contributed by atoms with E-state index in [4.69, 9.17) is 0 Å². The number of para-hydroxylation sites is 1. The molecule has 2 aliphatic rings. The van der Waals surface area contributed by atoms with E-state index in [1.54, 1.807) is 12.1 Å². The molecule has 1 unspecified atom stereocenters. The Morgan fingerprint density at radius 2 is 1.64 bits per heavy atom. The van der Waals surface area contributed by atoms with E-state index < -0.39 is 5.41 Å². The summed E-state index contributed by atoms with van der Waals surface area (Å²) >= 11 is 0. The largest absolute Gasteiger partial charge is 0.341 e. The average Bonchev–Trinajstić information content (AvgIpc) is 2.73. The number of carbonyl (C=O) groups excluding carboxylic acids is 2. The van der Waals surface area contributed by atoms with Crippen molar-refractivity contribution in [3.05, 3.63) is 66.0 Å². The third-order valence-electron chi connectivity index (χ3n) is 6.00. The predicted octanol–water partition coefficient (Wildman–Crippen LogP) is 3.80. The number of piperidine rings is 2. The van der Waals surface area contributed by atoms with Crippen molar-refractivity contribution in [3.63, 3.8) is 0 Å². The van der Waals surface area contributed by atoms with Crippen molar-refractivity contribution in [1.82, 2.24) is 4.90 Å². The minimum Gasteiger partial charge on any atom is -0.341 e. The number of hydrogen-bond acceptors (Lipinski definition) is 2. The molecule has 4 rings (SSSR count). The van der Waals surface area contributed by atoms with E-state index in [-0.39, 0.29) is 24.1 Å². The average molecular weight is 380 g/mol. The number of carbonyl (C=O) groups is 2. The molecular weight excluding hydrogens is 355 g/mol. The smallest absolute Gasteiger partial charge is 0.234 e. The molecule has 4 nitrogen and oxygen atoms in total. The fourth-order valence-electron chi connectivity index (χ4n) is 4.54. The highest BCUT2D eigenvalue weighted by atomic mass is 19.1. The van der Waals surface area contributed by atoms with Gasteiger partial charge >= 0.3 is 0 Å². The summed E-state index contributed by atoms with van der Waals surface area (Å²) in [6, 6.07) is 15.8. The van der Waals surface area contributed by atoms with Crippen LogP contribution in [0.5, 0.6) is 0 Å². The fourth-order valence-corrected chi connectivity index (χ4v) is 4.54. The Kier molecular flexibility index (Phi) is 5.16. The van der Waals surface area contributed by atoms with E-state index >= 15 is 0 Å². The Hall–Kier alpha value is -2.69. The second kappa shape index (κ2) is 7.74. The third kappa shape index (κ3) is 3.66. The molecule has 2 aliphatic heterocycles. The van der Waals surface area contributed by atoms with E-state index in [1.165, 1.54) is 12.1 Å². The Morgan fingerprint density at radius 3 is 2.36 bits per heavy atom. The standard InChI is InChI=1S/C23H25FN2O2/c24-19-10-8-18(9-11-19)16-21(27)25-14-4-12-23(17-25)13-5-15-26(22(23)28)20-6-2-1-3-7-20/h1-3,6-11H,4-5,12-17H2. The quantitative estimate of drug-likeness (QED) is 0.813. The molecule has 0 aromatic heterocycles. The van der Waals surface area contributed by atoms with Gasteiger partial charge in [0, 0.05) is 25.3 Å². The van der Waals surface area contributed by atoms with Gasteiger partial charge in [-0.2, -0.15) is 0 Å². The molecule has 0 radical (unpaired) electrons. The van der Waals surface area contributed by atoms with Crippen LogP contribution in [0, 0.1) is 11.2 Å². The minimum atomic E-state index is -0.481. The summed E-state index contributed by atoms with van der Waals surface area (Å²) in [4.78, 5) is 30.0. The molecule has 5 heteroatoms. The molecule has 1 spiro atoms. The van der Waals surface area contributed by atoms with Crippen LogP contribution in [0.3, 0.4) is 0 Å². The monoisotopic (exact) mass is 380 g/mol. The van der Waals surface area contributed by atoms with Crippen LogP contribution < -0.4 is 4.90 Å². The van der Waals surface area contributed by atoms with Gasteiger partial charge in [-0.3, -0.25) is 9.59 Å². The zero-order valence-corrected chi connectivity index (χ0v) is 15.9. The SMILES string of the molecule is O=C(Cc1ccc(F)cc1)N1CCCC2(CCCN(c3ccccc3)C2=O)C1. The molecule has 0 N–H and O–H groups in total. The normalized spacial score (nSPS) is 22.5. The summed E-state index contributed by atoms with van der Waals surface area (Å²) in [5.74, 6) is -0.151. The predicted molar refractivity (Wildman–Crippen MR) is 106 cm³/mol. The Balaban J connectivity index is 1.49. The van der Waals surface area contributed by atoms with Crippen LogP contribution in [0.4, 0.5) is 10.1 Å². The van der Waals surface area contributed by atoms with Crippen molar-refractivity contribution in [2.75, 3.05) is 24.5 Å². The van der Waals surface area contributed by atoms with Crippen molar-refractivity contribution < 1.29 is 14.0 Å². The Bertz CT molecular complexity index is 849. The molecule has 2 amide bonds. The number of halogens is 1. The highest BCUT2D eigenvalue weighted by molar-refractivity contribution is 5.99. The highest BCUT2D eigenvalue weighted by Gasteiger charge is 2.47. The highest BCUT2D eigenvalue weighted by Crippen LogP contribution is 2.41. The van der Waals surface area contributed by atoms with E-state index in [9.17, 15) is 14.0 Å². The molecule has 2 saturated heterocycles. The Labute approximate surface area is 164 Å². The van der Waals surface area contributed by atoms with Crippen molar-refractivity contribution in [1.29, 1.82) is 0 Å². The zero-order chi connectivity index (χ0) is 19.6. The zero-order valence-electron chi connectivity index (χ0n) is 15.9. The van der Waals surface area contributed by atoms with Crippen molar-refractivity contribution in [3.8, 4) is 0 Å². The van der Waals surface area contributed by atoms with Gasteiger partial charge in [-0.25, -0.2) is 4.39 Å². The van der Waals surface area contributed by atoms with Gasteiger partial charge < -0.3 is 9.80 Å². The van der Waals surface area contributed by atoms with Crippen LogP contribution >= 0.6 is 0 Å². The number of hydrogen-bond donors (Lipinski definition) is 0. The van der Waals surface area contributed by atoms with Gasteiger partial charge in [-0.1, -0.05) is 30.3 Å². The minimum absolute atomic E-state index is 0.00955. The van der Waals surface area contributed by atoms with E-state index in [0.29, 0.717) is 13.1 Å². The number of rotatable bonds is 3. The Morgan fingerprint density at radius 1 is 0.964 bits per heavy atom. The molecule has 1 atom stereocenters. The van der Waals surface area contributed by atoms with Crippen molar-refractivity contribution in [2.24, 2.45) is 5.41 Å². The van der Waals surface area contributed by atoms with Crippen molar-refractivity contribution in [2.45, 2.75) is 32.1 Å². The lowest BCUT2D eigenvalue weighted by Gasteiger charge is -2.47. The van der Waals surface area contributed by atoms with Gasteiger partial charge in [-0.15, -0.1) is 0 Å². The number of likely N-dealkylation sites (tertiary alicyclic amines) is 1. The van der Waals surface area contributed by atoms with Gasteiger partial charge in [0.1, 0.15) is 5.82 Å². The molecule has 2 aromatic rings. The maximum atomic E-state index is 13.4. The van der Waals surface area contributed by atoms with Crippen LogP contribution in [0.1, 0.15) is 31.2 Å². The number of benzene rings is 2. The summed E-state index contributed by atoms with van der Waals surface area (Å²) < 4.78 is 13.1. The topological polar surface area (TPSA) is 40.6 Å². The summed E-state index contributed by atoms with van der Waals surface area (Å²) in [6.45, 7) is 1.89. The molecule has 2 heterocycles. The van der Waals surface area contributed by atoms with Gasteiger partial charge in [0.05, 0.1) is 11.8 Å². The molecule has 2 fully saturated rings. The molecular formula is C23H25FN2O2. The van der Waals surface area contributed by atoms with Crippen LogP contribution in [0.15, 0.2) is 54.6 Å². The molecule has 146 valence electrons. The summed E-state index contributed by atoms with van der Waals surface area (Å²) in [7, 11) is 0. The first-order valence-electron chi connectivity index (χ1n) is 9.97. The van der Waals surface area contributed by atoms with Crippen LogP contribution in [0.2, 0.25) is 0 Å². The second-order valence-corrected chi connectivity index (χ2v) is 7.90. The molecule has 2 aromatic carbocycles. The van der Waals surface area contributed by atoms with Crippen molar-refractivity contribution >= 4 is 17.5 Å². The van der Waals surface area contributed by atoms with E-state index in [1.807, 2.05) is 40.1 Å². The number of anilines is 1.